The smallest absolute Gasteiger partial charge is 0.265 e. The van der Waals surface area contributed by atoms with Crippen LogP contribution in [0.1, 0.15) is 48.9 Å². The molecule has 0 saturated heterocycles. The topological polar surface area (TPSA) is 103 Å². The van der Waals surface area contributed by atoms with Crippen LogP contribution in [-0.4, -0.2) is 49.3 Å². The van der Waals surface area contributed by atoms with Crippen LogP contribution in [0.3, 0.4) is 0 Å². The minimum Gasteiger partial charge on any atom is -0.497 e. The lowest BCUT2D eigenvalue weighted by atomic mass is 9.89. The lowest BCUT2D eigenvalue weighted by molar-refractivity contribution is -0.120. The van der Waals surface area contributed by atoms with Crippen LogP contribution in [0.25, 0.3) is 0 Å². The average Bonchev–Trinajstić information content (AvgIpc) is 3.01. The summed E-state index contributed by atoms with van der Waals surface area (Å²) in [6.07, 6.45) is 5.10. The van der Waals surface area contributed by atoms with Crippen LogP contribution in [0, 0.1) is 0 Å². The number of hydrogen-bond acceptors (Lipinski definition) is 7. The van der Waals surface area contributed by atoms with Gasteiger partial charge in [-0.15, -0.1) is 0 Å². The second-order valence-corrected chi connectivity index (χ2v) is 11.7. The summed E-state index contributed by atoms with van der Waals surface area (Å²) in [5.41, 5.74) is 3.85. The van der Waals surface area contributed by atoms with E-state index in [-0.39, 0.29) is 28.1 Å². The molecule has 0 aromatic heterocycles. The highest BCUT2D eigenvalue weighted by atomic mass is 32.2. The Labute approximate surface area is 242 Å². The summed E-state index contributed by atoms with van der Waals surface area (Å²) in [5.74, 6) is 0.849. The molecule has 3 aromatic carbocycles. The first-order chi connectivity index (χ1) is 19.7. The average molecular weight is 583 g/mol. The molecule has 1 N–H and O–H groups in total. The molecule has 9 nitrogen and oxygen atoms in total. The van der Waals surface area contributed by atoms with E-state index in [1.165, 1.54) is 70.3 Å². The van der Waals surface area contributed by atoms with Crippen molar-refractivity contribution >= 4 is 21.6 Å². The van der Waals surface area contributed by atoms with Gasteiger partial charge in [0.25, 0.3) is 10.0 Å². The van der Waals surface area contributed by atoms with Crippen molar-refractivity contribution < 1.29 is 32.2 Å². The lowest BCUT2D eigenvalue weighted by Crippen LogP contribution is -2.42. The van der Waals surface area contributed by atoms with Crippen LogP contribution >= 0.6 is 0 Å². The zero-order chi connectivity index (χ0) is 29.6. The van der Waals surface area contributed by atoms with E-state index >= 15 is 0 Å². The Hall–Kier alpha value is -3.92. The molecule has 0 radical (unpaired) electrons. The highest BCUT2D eigenvalue weighted by Crippen LogP contribution is 2.37. The van der Waals surface area contributed by atoms with Gasteiger partial charge in [-0.2, -0.15) is 0 Å². The first-order valence-electron chi connectivity index (χ1n) is 13.6. The van der Waals surface area contributed by atoms with Crippen LogP contribution in [0.2, 0.25) is 0 Å². The third-order valence-corrected chi connectivity index (χ3v) is 9.16. The molecular weight excluding hydrogens is 544 g/mol. The Kier molecular flexibility index (Phi) is 9.65. The van der Waals surface area contributed by atoms with E-state index in [4.69, 9.17) is 18.9 Å². The van der Waals surface area contributed by atoms with E-state index < -0.39 is 22.5 Å². The standard InChI is InChI=1S/C31H38N2O7S/c1-6-26(23-12-11-21-9-7-8-10-22(21)17-23)32-31(34)20-33(27-18-24(37-2)13-15-28(27)38-3)41(35,36)25-14-16-29(39-4)30(19-25)40-5/h11-19,26H,6-10,20H2,1-5H3,(H,32,34)/t26-/m1/s1. The summed E-state index contributed by atoms with van der Waals surface area (Å²) in [6.45, 7) is 1.51. The van der Waals surface area contributed by atoms with Crippen molar-refractivity contribution in [2.75, 3.05) is 39.3 Å². The molecule has 220 valence electrons. The number of fused-ring (bicyclic) bond motifs is 1. The van der Waals surface area contributed by atoms with Crippen molar-refractivity contribution in [2.24, 2.45) is 0 Å². The molecule has 1 atom stereocenters. The fourth-order valence-corrected chi connectivity index (χ4v) is 6.60. The molecule has 1 aliphatic rings. The zero-order valence-corrected chi connectivity index (χ0v) is 25.0. The predicted molar refractivity (Wildman–Crippen MR) is 158 cm³/mol. The van der Waals surface area contributed by atoms with E-state index in [0.29, 0.717) is 17.9 Å². The van der Waals surface area contributed by atoms with Gasteiger partial charge >= 0.3 is 0 Å². The summed E-state index contributed by atoms with van der Waals surface area (Å²) in [7, 11) is 1.54. The number of nitrogens with zero attached hydrogens (tertiary/aromatic N) is 1. The molecule has 41 heavy (non-hydrogen) atoms. The Morgan fingerprint density at radius 2 is 1.51 bits per heavy atom. The van der Waals surface area contributed by atoms with Gasteiger partial charge in [-0.3, -0.25) is 9.10 Å². The number of sulfonamides is 1. The number of benzene rings is 3. The van der Waals surface area contributed by atoms with Gasteiger partial charge in [-0.05, 0) is 73.1 Å². The number of ether oxygens (including phenoxy) is 4. The van der Waals surface area contributed by atoms with Gasteiger partial charge in [0.05, 0.1) is 45.1 Å². The number of anilines is 1. The number of carbonyl (C=O) groups excluding carboxylic acids is 1. The van der Waals surface area contributed by atoms with Crippen molar-refractivity contribution in [3.05, 3.63) is 71.3 Å². The van der Waals surface area contributed by atoms with Crippen LogP contribution in [0.5, 0.6) is 23.0 Å². The molecular formula is C31H38N2O7S. The first-order valence-corrected chi connectivity index (χ1v) is 15.1. The van der Waals surface area contributed by atoms with Gasteiger partial charge in [0.2, 0.25) is 5.91 Å². The van der Waals surface area contributed by atoms with Crippen molar-refractivity contribution in [3.63, 3.8) is 0 Å². The summed E-state index contributed by atoms with van der Waals surface area (Å²) in [6, 6.07) is 15.2. The normalized spacial score (nSPS) is 13.5. The Morgan fingerprint density at radius 1 is 0.829 bits per heavy atom. The van der Waals surface area contributed by atoms with Gasteiger partial charge in [-0.25, -0.2) is 8.42 Å². The van der Waals surface area contributed by atoms with Crippen molar-refractivity contribution in [1.29, 1.82) is 0 Å². The lowest BCUT2D eigenvalue weighted by Gasteiger charge is -2.27. The second-order valence-electron chi connectivity index (χ2n) is 9.83. The molecule has 10 heteroatoms. The van der Waals surface area contributed by atoms with E-state index in [1.54, 1.807) is 12.1 Å². The zero-order valence-electron chi connectivity index (χ0n) is 24.2. The largest absolute Gasteiger partial charge is 0.497 e. The van der Waals surface area contributed by atoms with Gasteiger partial charge in [0.15, 0.2) is 11.5 Å². The van der Waals surface area contributed by atoms with E-state index in [9.17, 15) is 13.2 Å². The molecule has 3 aromatic rings. The minimum absolute atomic E-state index is 0.0745. The van der Waals surface area contributed by atoms with Gasteiger partial charge < -0.3 is 24.3 Å². The summed E-state index contributed by atoms with van der Waals surface area (Å²) < 4.78 is 50.8. The van der Waals surface area contributed by atoms with Gasteiger partial charge in [-0.1, -0.05) is 25.1 Å². The maximum atomic E-state index is 14.1. The quantitative estimate of drug-likeness (QED) is 0.318. The maximum absolute atomic E-state index is 14.1. The Bertz CT molecular complexity index is 1490. The number of nitrogens with one attached hydrogen (secondary N) is 1. The van der Waals surface area contributed by atoms with Gasteiger partial charge in [0, 0.05) is 12.1 Å². The molecule has 0 unspecified atom stereocenters. The summed E-state index contributed by atoms with van der Waals surface area (Å²) in [4.78, 5) is 13.5. The predicted octanol–water partition coefficient (Wildman–Crippen LogP) is 5.06. The molecule has 0 saturated carbocycles. The minimum atomic E-state index is -4.28. The Balaban J connectivity index is 1.71. The number of hydrogen-bond donors (Lipinski definition) is 1. The Morgan fingerprint density at radius 3 is 2.17 bits per heavy atom. The third kappa shape index (κ3) is 6.53. The molecule has 1 amide bonds. The second kappa shape index (κ2) is 13.2. The fourth-order valence-electron chi connectivity index (χ4n) is 5.16. The van der Waals surface area contributed by atoms with Crippen LogP contribution in [-0.2, 0) is 27.7 Å². The highest BCUT2D eigenvalue weighted by molar-refractivity contribution is 7.92. The van der Waals surface area contributed by atoms with Crippen molar-refractivity contribution in [2.45, 2.75) is 50.0 Å². The highest BCUT2D eigenvalue weighted by Gasteiger charge is 2.31. The maximum Gasteiger partial charge on any atom is 0.265 e. The summed E-state index contributed by atoms with van der Waals surface area (Å²) >= 11 is 0. The number of amides is 1. The van der Waals surface area contributed by atoms with Gasteiger partial charge in [0.1, 0.15) is 18.0 Å². The molecule has 0 fully saturated rings. The molecule has 0 heterocycles. The van der Waals surface area contributed by atoms with Crippen LogP contribution < -0.4 is 28.6 Å². The molecule has 0 spiro atoms. The molecule has 4 rings (SSSR count). The summed E-state index contributed by atoms with van der Waals surface area (Å²) in [5, 5.41) is 3.06. The van der Waals surface area contributed by atoms with E-state index in [0.717, 1.165) is 29.1 Å². The number of carbonyl (C=O) groups is 1. The molecule has 0 aliphatic heterocycles. The van der Waals surface area contributed by atoms with E-state index in [2.05, 4.69) is 23.5 Å². The number of methoxy groups -OCH3 is 4. The molecule has 0 bridgehead atoms. The SMILES string of the molecule is CC[C@@H](NC(=O)CN(c1cc(OC)ccc1OC)S(=O)(=O)c1ccc(OC)c(OC)c1)c1ccc2c(c1)CCCC2. The van der Waals surface area contributed by atoms with Crippen molar-refractivity contribution in [3.8, 4) is 23.0 Å². The number of rotatable bonds is 12. The molecule has 1 aliphatic carbocycles. The monoisotopic (exact) mass is 582 g/mol. The van der Waals surface area contributed by atoms with Crippen molar-refractivity contribution in [1.82, 2.24) is 5.32 Å². The van der Waals surface area contributed by atoms with E-state index in [1.807, 2.05) is 6.92 Å². The fraction of sp³-hybridized carbons (Fsp3) is 0.387. The third-order valence-electron chi connectivity index (χ3n) is 7.40. The number of aryl methyl sites for hydroxylation is 2. The van der Waals surface area contributed by atoms with Crippen LogP contribution in [0.15, 0.2) is 59.5 Å². The first kappa shape index (κ1) is 30.0. The van der Waals surface area contributed by atoms with Crippen LogP contribution in [0.4, 0.5) is 5.69 Å².